The summed E-state index contributed by atoms with van der Waals surface area (Å²) in [6.07, 6.45) is 1.05. The zero-order valence-electron chi connectivity index (χ0n) is 11.2. The predicted octanol–water partition coefficient (Wildman–Crippen LogP) is 4.30. The van der Waals surface area contributed by atoms with Gasteiger partial charge in [0.25, 0.3) is 5.91 Å². The van der Waals surface area contributed by atoms with E-state index in [-0.39, 0.29) is 20.5 Å². The van der Waals surface area contributed by atoms with Gasteiger partial charge in [-0.1, -0.05) is 34.8 Å². The Morgan fingerprint density at radius 3 is 2.27 bits per heavy atom. The van der Waals surface area contributed by atoms with E-state index in [2.05, 4.69) is 5.32 Å². The summed E-state index contributed by atoms with van der Waals surface area (Å²) in [6, 6.07) is 8.50. The number of halogens is 3. The number of anilines is 1. The fraction of sp³-hybridized carbons (Fsp3) is 0.0714. The van der Waals surface area contributed by atoms with Crippen LogP contribution in [-0.4, -0.2) is 20.6 Å². The number of hydrogen-bond acceptors (Lipinski definition) is 3. The fourth-order valence-electron chi connectivity index (χ4n) is 1.69. The van der Waals surface area contributed by atoms with Crippen molar-refractivity contribution < 1.29 is 13.2 Å². The van der Waals surface area contributed by atoms with Gasteiger partial charge in [-0.05, 0) is 36.4 Å². The first-order valence-electron chi connectivity index (χ1n) is 5.94. The molecule has 0 spiro atoms. The molecule has 0 aliphatic heterocycles. The smallest absolute Gasteiger partial charge is 0.257 e. The van der Waals surface area contributed by atoms with Gasteiger partial charge in [0.1, 0.15) is 0 Å². The zero-order valence-corrected chi connectivity index (χ0v) is 14.3. The second-order valence-corrected chi connectivity index (χ2v) is 7.76. The van der Waals surface area contributed by atoms with Crippen LogP contribution in [0.2, 0.25) is 15.1 Å². The molecule has 2 aromatic rings. The average molecular weight is 379 g/mol. The van der Waals surface area contributed by atoms with Crippen LogP contribution in [0.5, 0.6) is 0 Å². The molecule has 1 N–H and O–H groups in total. The lowest BCUT2D eigenvalue weighted by atomic mass is 10.2. The van der Waals surface area contributed by atoms with Crippen molar-refractivity contribution in [3.63, 3.8) is 0 Å². The number of hydrogen-bond donors (Lipinski definition) is 1. The van der Waals surface area contributed by atoms with Crippen molar-refractivity contribution in [2.45, 2.75) is 4.90 Å². The maximum Gasteiger partial charge on any atom is 0.257 e. The molecule has 4 nitrogen and oxygen atoms in total. The van der Waals surface area contributed by atoms with Crippen molar-refractivity contribution in [2.24, 2.45) is 0 Å². The number of nitrogens with one attached hydrogen (secondary N) is 1. The Balaban J connectivity index is 2.37. The molecule has 2 rings (SSSR count). The zero-order chi connectivity index (χ0) is 16.5. The molecule has 0 aliphatic rings. The molecular formula is C14H10Cl3NO3S. The average Bonchev–Trinajstić information content (AvgIpc) is 2.41. The summed E-state index contributed by atoms with van der Waals surface area (Å²) in [5, 5.41) is 3.39. The Morgan fingerprint density at radius 1 is 1.00 bits per heavy atom. The minimum Gasteiger partial charge on any atom is -0.321 e. The summed E-state index contributed by atoms with van der Waals surface area (Å²) in [5.41, 5.74) is 0.382. The molecule has 0 unspecified atom stereocenters. The van der Waals surface area contributed by atoms with Crippen molar-refractivity contribution in [2.75, 3.05) is 11.6 Å². The highest BCUT2D eigenvalue weighted by Gasteiger charge is 2.16. The second-order valence-electron chi connectivity index (χ2n) is 4.49. The van der Waals surface area contributed by atoms with Crippen LogP contribution in [0.1, 0.15) is 10.4 Å². The first-order valence-corrected chi connectivity index (χ1v) is 8.97. The Labute approximate surface area is 142 Å². The molecule has 0 aromatic heterocycles. The van der Waals surface area contributed by atoms with Gasteiger partial charge in [0.2, 0.25) is 0 Å². The lowest BCUT2D eigenvalue weighted by Gasteiger charge is -2.10. The molecule has 2 aromatic carbocycles. The van der Waals surface area contributed by atoms with Gasteiger partial charge in [0.15, 0.2) is 9.84 Å². The van der Waals surface area contributed by atoms with E-state index >= 15 is 0 Å². The number of carbonyl (C=O) groups excluding carboxylic acids is 1. The van der Waals surface area contributed by atoms with Gasteiger partial charge in [-0.25, -0.2) is 8.42 Å². The van der Waals surface area contributed by atoms with Gasteiger partial charge in [0, 0.05) is 11.3 Å². The minimum atomic E-state index is -3.44. The molecule has 8 heteroatoms. The van der Waals surface area contributed by atoms with Gasteiger partial charge in [-0.2, -0.15) is 0 Å². The first kappa shape index (κ1) is 17.1. The number of benzene rings is 2. The Morgan fingerprint density at radius 2 is 1.68 bits per heavy atom. The third-order valence-corrected chi connectivity index (χ3v) is 4.78. The third kappa shape index (κ3) is 3.93. The SMILES string of the molecule is CS(=O)(=O)c1ccc(Cl)c(C(=O)Nc2ccc(Cl)cc2Cl)c1. The summed E-state index contributed by atoms with van der Waals surface area (Å²) >= 11 is 17.7. The highest BCUT2D eigenvalue weighted by molar-refractivity contribution is 7.90. The predicted molar refractivity (Wildman–Crippen MR) is 89.0 cm³/mol. The van der Waals surface area contributed by atoms with Crippen LogP contribution in [0.4, 0.5) is 5.69 Å². The van der Waals surface area contributed by atoms with E-state index in [1.54, 1.807) is 6.07 Å². The maximum atomic E-state index is 12.3. The van der Waals surface area contributed by atoms with E-state index in [1.807, 2.05) is 0 Å². The maximum absolute atomic E-state index is 12.3. The van der Waals surface area contributed by atoms with Crippen LogP contribution < -0.4 is 5.32 Å². The summed E-state index contributed by atoms with van der Waals surface area (Å²) in [7, 11) is -3.44. The molecule has 116 valence electrons. The van der Waals surface area contributed by atoms with Crippen molar-refractivity contribution in [3.05, 3.63) is 57.0 Å². The number of carbonyl (C=O) groups is 1. The van der Waals surface area contributed by atoms with Gasteiger partial charge >= 0.3 is 0 Å². The molecule has 0 saturated heterocycles. The van der Waals surface area contributed by atoms with Crippen LogP contribution in [0.25, 0.3) is 0 Å². The number of rotatable bonds is 3. The Bertz CT molecular complexity index is 850. The molecule has 0 atom stereocenters. The van der Waals surface area contributed by atoms with Gasteiger partial charge in [0.05, 0.1) is 26.2 Å². The minimum absolute atomic E-state index is 0.00394. The lowest BCUT2D eigenvalue weighted by Crippen LogP contribution is -2.13. The van der Waals surface area contributed by atoms with Gasteiger partial charge in [-0.15, -0.1) is 0 Å². The van der Waals surface area contributed by atoms with E-state index in [1.165, 1.54) is 30.3 Å². The molecule has 22 heavy (non-hydrogen) atoms. The van der Waals surface area contributed by atoms with E-state index < -0.39 is 15.7 Å². The highest BCUT2D eigenvalue weighted by atomic mass is 35.5. The van der Waals surface area contributed by atoms with Crippen molar-refractivity contribution in [3.8, 4) is 0 Å². The van der Waals surface area contributed by atoms with E-state index in [0.29, 0.717) is 10.7 Å². The number of sulfone groups is 1. The third-order valence-electron chi connectivity index (χ3n) is 2.79. The molecule has 0 aliphatic carbocycles. The largest absolute Gasteiger partial charge is 0.321 e. The van der Waals surface area contributed by atoms with Gasteiger partial charge < -0.3 is 5.32 Å². The van der Waals surface area contributed by atoms with Crippen molar-refractivity contribution in [1.29, 1.82) is 0 Å². The van der Waals surface area contributed by atoms with Crippen molar-refractivity contribution in [1.82, 2.24) is 0 Å². The highest BCUT2D eigenvalue weighted by Crippen LogP contribution is 2.27. The van der Waals surface area contributed by atoms with E-state index in [4.69, 9.17) is 34.8 Å². The summed E-state index contributed by atoms with van der Waals surface area (Å²) < 4.78 is 23.1. The molecule has 0 radical (unpaired) electrons. The molecule has 0 fully saturated rings. The standard InChI is InChI=1S/C14H10Cl3NO3S/c1-22(20,21)9-3-4-11(16)10(7-9)14(19)18-13-5-2-8(15)6-12(13)17/h2-7H,1H3,(H,18,19). The Kier molecular flexibility index (Phi) is 5.02. The molecule has 0 bridgehead atoms. The van der Waals surface area contributed by atoms with E-state index in [9.17, 15) is 13.2 Å². The van der Waals surface area contributed by atoms with Crippen LogP contribution in [0.15, 0.2) is 41.3 Å². The molecule has 0 heterocycles. The van der Waals surface area contributed by atoms with Crippen LogP contribution in [-0.2, 0) is 9.84 Å². The fourth-order valence-corrected chi connectivity index (χ4v) is 3.00. The molecular weight excluding hydrogens is 369 g/mol. The normalized spacial score (nSPS) is 11.3. The summed E-state index contributed by atoms with van der Waals surface area (Å²) in [6.45, 7) is 0. The van der Waals surface area contributed by atoms with Crippen LogP contribution in [0, 0.1) is 0 Å². The Hall–Kier alpha value is -1.27. The van der Waals surface area contributed by atoms with Crippen molar-refractivity contribution >= 4 is 56.2 Å². The van der Waals surface area contributed by atoms with Crippen LogP contribution >= 0.6 is 34.8 Å². The molecule has 1 amide bonds. The monoisotopic (exact) mass is 377 g/mol. The second kappa shape index (κ2) is 6.46. The first-order chi connectivity index (χ1) is 10.2. The number of amides is 1. The summed E-state index contributed by atoms with van der Waals surface area (Å²) in [5.74, 6) is -0.570. The molecule has 0 saturated carbocycles. The quantitative estimate of drug-likeness (QED) is 0.866. The van der Waals surface area contributed by atoms with E-state index in [0.717, 1.165) is 6.26 Å². The van der Waals surface area contributed by atoms with Crippen LogP contribution in [0.3, 0.4) is 0 Å². The summed E-state index contributed by atoms with van der Waals surface area (Å²) in [4.78, 5) is 12.3. The lowest BCUT2D eigenvalue weighted by molar-refractivity contribution is 0.102. The topological polar surface area (TPSA) is 63.2 Å². The van der Waals surface area contributed by atoms with Gasteiger partial charge in [-0.3, -0.25) is 4.79 Å².